The molecule has 2 rings (SSSR count). The lowest BCUT2D eigenvalue weighted by Gasteiger charge is -2.06. The highest BCUT2D eigenvalue weighted by molar-refractivity contribution is 6.30. The predicted octanol–water partition coefficient (Wildman–Crippen LogP) is 3.32. The molecule has 1 aromatic heterocycles. The van der Waals surface area contributed by atoms with E-state index in [1.165, 1.54) is 0 Å². The third-order valence-electron chi connectivity index (χ3n) is 2.37. The van der Waals surface area contributed by atoms with Gasteiger partial charge in [-0.3, -0.25) is 0 Å². The van der Waals surface area contributed by atoms with Crippen LogP contribution in [-0.4, -0.2) is 12.0 Å². The molecule has 3 nitrogen and oxygen atoms in total. The lowest BCUT2D eigenvalue weighted by atomic mass is 10.1. The van der Waals surface area contributed by atoms with Crippen LogP contribution in [-0.2, 0) is 0 Å². The minimum atomic E-state index is 0.526. The minimum absolute atomic E-state index is 0.526. The SMILES string of the molecule is CNc1nc(-c2cccc(Cl)c2)ccc1C#N. The van der Waals surface area contributed by atoms with Gasteiger partial charge in [0.2, 0.25) is 0 Å². The Balaban J connectivity index is 2.51. The highest BCUT2D eigenvalue weighted by atomic mass is 35.5. The number of nitrogens with one attached hydrogen (secondary N) is 1. The van der Waals surface area contributed by atoms with Crippen molar-refractivity contribution < 1.29 is 0 Å². The second kappa shape index (κ2) is 4.86. The largest absolute Gasteiger partial charge is 0.372 e. The molecule has 17 heavy (non-hydrogen) atoms. The van der Waals surface area contributed by atoms with E-state index in [-0.39, 0.29) is 0 Å². The standard InChI is InChI=1S/C13H10ClN3/c1-16-13-10(8-15)5-6-12(17-13)9-3-2-4-11(14)7-9/h2-7H,1H3,(H,16,17). The van der Waals surface area contributed by atoms with Crippen LogP contribution in [0, 0.1) is 11.3 Å². The molecule has 0 saturated heterocycles. The first-order valence-corrected chi connectivity index (χ1v) is 5.47. The second-order valence-corrected chi connectivity index (χ2v) is 3.90. The van der Waals surface area contributed by atoms with Gasteiger partial charge in [0, 0.05) is 17.6 Å². The predicted molar refractivity (Wildman–Crippen MR) is 68.9 cm³/mol. The first-order chi connectivity index (χ1) is 8.24. The maximum Gasteiger partial charge on any atom is 0.144 e. The molecular weight excluding hydrogens is 234 g/mol. The zero-order valence-electron chi connectivity index (χ0n) is 9.24. The Morgan fingerprint density at radius 3 is 2.76 bits per heavy atom. The molecule has 1 N–H and O–H groups in total. The molecule has 0 aliphatic heterocycles. The molecule has 1 heterocycles. The van der Waals surface area contributed by atoms with Gasteiger partial charge in [-0.2, -0.15) is 5.26 Å². The van der Waals surface area contributed by atoms with Crippen molar-refractivity contribution in [1.29, 1.82) is 5.26 Å². The van der Waals surface area contributed by atoms with E-state index in [1.54, 1.807) is 13.1 Å². The van der Waals surface area contributed by atoms with Crippen LogP contribution in [0.2, 0.25) is 5.02 Å². The average Bonchev–Trinajstić information content (AvgIpc) is 2.38. The van der Waals surface area contributed by atoms with Gasteiger partial charge in [-0.1, -0.05) is 23.7 Å². The number of halogens is 1. The summed E-state index contributed by atoms with van der Waals surface area (Å²) >= 11 is 5.93. The van der Waals surface area contributed by atoms with Crippen molar-refractivity contribution in [3.63, 3.8) is 0 Å². The van der Waals surface area contributed by atoms with Crippen molar-refractivity contribution in [3.05, 3.63) is 47.0 Å². The molecule has 0 radical (unpaired) electrons. The van der Waals surface area contributed by atoms with Gasteiger partial charge < -0.3 is 5.32 Å². The molecule has 1 aromatic carbocycles. The summed E-state index contributed by atoms with van der Waals surface area (Å²) in [6.45, 7) is 0. The summed E-state index contributed by atoms with van der Waals surface area (Å²) in [7, 11) is 1.74. The lowest BCUT2D eigenvalue weighted by Crippen LogP contribution is -1.97. The van der Waals surface area contributed by atoms with Crippen molar-refractivity contribution in [1.82, 2.24) is 4.98 Å². The Hall–Kier alpha value is -2.05. The topological polar surface area (TPSA) is 48.7 Å². The van der Waals surface area contributed by atoms with E-state index in [2.05, 4.69) is 16.4 Å². The van der Waals surface area contributed by atoms with E-state index in [4.69, 9.17) is 16.9 Å². The van der Waals surface area contributed by atoms with Crippen molar-refractivity contribution >= 4 is 17.4 Å². The van der Waals surface area contributed by atoms with Crippen LogP contribution >= 0.6 is 11.6 Å². The molecule has 0 unspecified atom stereocenters. The average molecular weight is 244 g/mol. The molecule has 2 aromatic rings. The van der Waals surface area contributed by atoms with E-state index >= 15 is 0 Å². The molecule has 0 aliphatic rings. The lowest BCUT2D eigenvalue weighted by molar-refractivity contribution is 1.27. The normalized spacial score (nSPS) is 9.71. The van der Waals surface area contributed by atoms with E-state index in [0.717, 1.165) is 11.3 Å². The van der Waals surface area contributed by atoms with Gasteiger partial charge in [-0.15, -0.1) is 0 Å². The second-order valence-electron chi connectivity index (χ2n) is 3.46. The maximum atomic E-state index is 8.90. The molecule has 84 valence electrons. The van der Waals surface area contributed by atoms with Gasteiger partial charge >= 0.3 is 0 Å². The number of nitriles is 1. The molecule has 0 saturated carbocycles. The van der Waals surface area contributed by atoms with Gasteiger partial charge in [-0.25, -0.2) is 4.98 Å². The molecule has 0 amide bonds. The van der Waals surface area contributed by atoms with Crippen LogP contribution in [0.5, 0.6) is 0 Å². The molecule has 0 bridgehead atoms. The van der Waals surface area contributed by atoms with Crippen LogP contribution in [0.15, 0.2) is 36.4 Å². The summed E-state index contributed by atoms with van der Waals surface area (Å²) in [5.74, 6) is 0.574. The van der Waals surface area contributed by atoms with Crippen molar-refractivity contribution in [2.75, 3.05) is 12.4 Å². The first-order valence-electron chi connectivity index (χ1n) is 5.09. The van der Waals surface area contributed by atoms with E-state index < -0.39 is 0 Å². The molecule has 4 heteroatoms. The van der Waals surface area contributed by atoms with Crippen LogP contribution < -0.4 is 5.32 Å². The third-order valence-corrected chi connectivity index (χ3v) is 2.61. The zero-order chi connectivity index (χ0) is 12.3. The number of nitrogens with zero attached hydrogens (tertiary/aromatic N) is 2. The fraction of sp³-hybridized carbons (Fsp3) is 0.0769. The Morgan fingerprint density at radius 1 is 1.29 bits per heavy atom. The van der Waals surface area contributed by atoms with Crippen molar-refractivity contribution in [2.24, 2.45) is 0 Å². The Labute approximate surface area is 105 Å². The summed E-state index contributed by atoms with van der Waals surface area (Å²) < 4.78 is 0. The van der Waals surface area contributed by atoms with E-state index in [9.17, 15) is 0 Å². The highest BCUT2D eigenvalue weighted by Crippen LogP contribution is 2.23. The van der Waals surface area contributed by atoms with Crippen LogP contribution in [0.4, 0.5) is 5.82 Å². The number of hydrogen-bond donors (Lipinski definition) is 1. The van der Waals surface area contributed by atoms with Crippen LogP contribution in [0.25, 0.3) is 11.3 Å². The number of hydrogen-bond acceptors (Lipinski definition) is 3. The Bertz CT molecular complexity index is 587. The van der Waals surface area contributed by atoms with Crippen LogP contribution in [0.3, 0.4) is 0 Å². The summed E-state index contributed by atoms with van der Waals surface area (Å²) in [4.78, 5) is 4.38. The molecular formula is C13H10ClN3. The molecule has 0 aliphatic carbocycles. The van der Waals surface area contributed by atoms with Gasteiger partial charge in [0.25, 0.3) is 0 Å². The number of pyridine rings is 1. The summed E-state index contributed by atoms with van der Waals surface area (Å²) in [5, 5.41) is 12.5. The molecule has 0 atom stereocenters. The smallest absolute Gasteiger partial charge is 0.144 e. The number of anilines is 1. The minimum Gasteiger partial charge on any atom is -0.372 e. The summed E-state index contributed by atoms with van der Waals surface area (Å²) in [6.07, 6.45) is 0. The highest BCUT2D eigenvalue weighted by Gasteiger charge is 2.05. The number of benzene rings is 1. The fourth-order valence-corrected chi connectivity index (χ4v) is 1.74. The molecule has 0 fully saturated rings. The fourth-order valence-electron chi connectivity index (χ4n) is 1.55. The Kier molecular flexibility index (Phi) is 3.27. The van der Waals surface area contributed by atoms with Crippen molar-refractivity contribution in [2.45, 2.75) is 0 Å². The van der Waals surface area contributed by atoms with Gasteiger partial charge in [0.05, 0.1) is 11.3 Å². The summed E-state index contributed by atoms with van der Waals surface area (Å²) in [5.41, 5.74) is 2.24. The zero-order valence-corrected chi connectivity index (χ0v) is 9.99. The van der Waals surface area contributed by atoms with E-state index in [1.807, 2.05) is 30.3 Å². The quantitative estimate of drug-likeness (QED) is 0.880. The Morgan fingerprint density at radius 2 is 2.12 bits per heavy atom. The third kappa shape index (κ3) is 2.38. The first kappa shape index (κ1) is 11.4. The monoisotopic (exact) mass is 243 g/mol. The summed E-state index contributed by atoms with van der Waals surface area (Å²) in [6, 6.07) is 13.1. The van der Waals surface area contributed by atoms with Gasteiger partial charge in [-0.05, 0) is 24.3 Å². The number of aromatic nitrogens is 1. The van der Waals surface area contributed by atoms with Gasteiger partial charge in [0.15, 0.2) is 0 Å². The van der Waals surface area contributed by atoms with Crippen molar-refractivity contribution in [3.8, 4) is 17.3 Å². The van der Waals surface area contributed by atoms with E-state index in [0.29, 0.717) is 16.4 Å². The van der Waals surface area contributed by atoms with Gasteiger partial charge in [0.1, 0.15) is 11.9 Å². The molecule has 0 spiro atoms. The maximum absolute atomic E-state index is 8.90. The van der Waals surface area contributed by atoms with Crippen LogP contribution in [0.1, 0.15) is 5.56 Å². The number of rotatable bonds is 2.